The average molecular weight is 355 g/mol. The van der Waals surface area contributed by atoms with Crippen molar-refractivity contribution in [2.45, 2.75) is 18.9 Å². The minimum absolute atomic E-state index is 0.130. The van der Waals surface area contributed by atoms with E-state index in [4.69, 9.17) is 4.55 Å². The molecule has 1 heterocycles. The molecule has 0 saturated heterocycles. The molecule has 0 aliphatic rings. The van der Waals surface area contributed by atoms with Gasteiger partial charge in [0, 0.05) is 24.9 Å². The lowest BCUT2D eigenvalue weighted by Crippen LogP contribution is -2.07. The number of aryl methyl sites for hydroxylation is 1. The van der Waals surface area contributed by atoms with Crippen LogP contribution in [0, 0.1) is 0 Å². The van der Waals surface area contributed by atoms with Crippen molar-refractivity contribution in [3.8, 4) is 0 Å². The van der Waals surface area contributed by atoms with Crippen molar-refractivity contribution >= 4 is 10.1 Å². The normalized spacial score (nSPS) is 11.8. The number of benzene rings is 2. The summed E-state index contributed by atoms with van der Waals surface area (Å²) in [4.78, 5) is 0. The van der Waals surface area contributed by atoms with Gasteiger partial charge >= 0.3 is 0 Å². The molecule has 0 bridgehead atoms. The summed E-state index contributed by atoms with van der Waals surface area (Å²) in [7, 11) is -3.90. The minimum atomic E-state index is -3.90. The van der Waals surface area contributed by atoms with Crippen LogP contribution in [0.1, 0.15) is 29.0 Å². The zero-order valence-electron chi connectivity index (χ0n) is 13.8. The van der Waals surface area contributed by atoms with Crippen LogP contribution < -0.4 is 0 Å². The van der Waals surface area contributed by atoms with Crippen LogP contribution in [0.2, 0.25) is 0 Å². The fraction of sp³-hybridized carbons (Fsp3) is 0.200. The molecule has 3 rings (SSSR count). The Bertz CT molecular complexity index is 863. The molecule has 0 aliphatic carbocycles. The van der Waals surface area contributed by atoms with E-state index < -0.39 is 10.1 Å². The van der Waals surface area contributed by atoms with Crippen molar-refractivity contribution < 1.29 is 13.0 Å². The summed E-state index contributed by atoms with van der Waals surface area (Å²) in [5.74, 6) is -0.0911. The summed E-state index contributed by atoms with van der Waals surface area (Å²) < 4.78 is 32.5. The van der Waals surface area contributed by atoms with E-state index in [0.717, 1.165) is 5.56 Å². The molecular weight excluding hydrogens is 334 g/mol. The first-order chi connectivity index (χ1) is 12.0. The lowest BCUT2D eigenvalue weighted by molar-refractivity contribution is 0.478. The first-order valence-corrected chi connectivity index (χ1v) is 9.84. The van der Waals surface area contributed by atoms with Gasteiger partial charge in [-0.15, -0.1) is 0 Å². The fourth-order valence-electron chi connectivity index (χ4n) is 3.07. The number of hydrogen-bond acceptors (Lipinski definition) is 2. The second-order valence-corrected chi connectivity index (χ2v) is 7.65. The monoisotopic (exact) mass is 355 g/mol. The van der Waals surface area contributed by atoms with Gasteiger partial charge < -0.3 is 4.57 Å². The third-order valence-electron chi connectivity index (χ3n) is 4.19. The maximum atomic E-state index is 10.9. The summed E-state index contributed by atoms with van der Waals surface area (Å²) in [6, 6.07) is 22.7. The third kappa shape index (κ3) is 4.81. The maximum absolute atomic E-state index is 10.9. The molecule has 4 nitrogen and oxygen atoms in total. The highest BCUT2D eigenvalue weighted by atomic mass is 32.2. The van der Waals surface area contributed by atoms with Gasteiger partial charge in [0.15, 0.2) is 0 Å². The predicted molar refractivity (Wildman–Crippen MR) is 99.3 cm³/mol. The molecule has 5 heteroatoms. The number of hydrogen-bond donors (Lipinski definition) is 1. The Balaban J connectivity index is 1.85. The minimum Gasteiger partial charge on any atom is -0.354 e. The fourth-order valence-corrected chi connectivity index (χ4v) is 3.56. The Morgan fingerprint density at radius 3 is 1.92 bits per heavy atom. The molecule has 0 unspecified atom stereocenters. The van der Waals surface area contributed by atoms with E-state index in [1.807, 2.05) is 47.2 Å². The second kappa shape index (κ2) is 7.68. The van der Waals surface area contributed by atoms with Crippen molar-refractivity contribution in [1.82, 2.24) is 4.57 Å². The molecular formula is C20H21NO3S. The molecule has 0 atom stereocenters. The summed E-state index contributed by atoms with van der Waals surface area (Å²) in [6.45, 7) is 0.552. The number of rotatable bonds is 7. The maximum Gasteiger partial charge on any atom is 0.264 e. The van der Waals surface area contributed by atoms with Gasteiger partial charge in [0.1, 0.15) is 0 Å². The first-order valence-electron chi connectivity index (χ1n) is 8.24. The molecule has 0 radical (unpaired) electrons. The standard InChI is InChI=1S/C20H21NO3S/c22-25(23,24)15-7-13-21-14-12-19(16-21)20(17-8-3-1-4-9-17)18-10-5-2-6-11-18/h1-6,8-12,14,16,20H,7,13,15H2,(H,22,23,24). The van der Waals surface area contributed by atoms with E-state index in [0.29, 0.717) is 13.0 Å². The van der Waals surface area contributed by atoms with Gasteiger partial charge in [-0.1, -0.05) is 60.7 Å². The molecule has 0 fully saturated rings. The Kier molecular flexibility index (Phi) is 5.36. The molecule has 25 heavy (non-hydrogen) atoms. The number of aromatic nitrogens is 1. The van der Waals surface area contributed by atoms with Gasteiger partial charge in [-0.3, -0.25) is 4.55 Å². The smallest absolute Gasteiger partial charge is 0.264 e. The molecule has 0 saturated carbocycles. The molecule has 0 spiro atoms. The van der Waals surface area contributed by atoms with Gasteiger partial charge in [0.25, 0.3) is 10.1 Å². The molecule has 0 amide bonds. The topological polar surface area (TPSA) is 59.3 Å². The van der Waals surface area contributed by atoms with Gasteiger partial charge in [-0.2, -0.15) is 8.42 Å². The third-order valence-corrected chi connectivity index (χ3v) is 5.00. The van der Waals surface area contributed by atoms with Crippen LogP contribution in [-0.2, 0) is 16.7 Å². The molecule has 1 aromatic heterocycles. The van der Waals surface area contributed by atoms with Crippen molar-refractivity contribution in [3.63, 3.8) is 0 Å². The molecule has 3 aromatic rings. The van der Waals surface area contributed by atoms with Crippen LogP contribution in [0.3, 0.4) is 0 Å². The number of nitrogens with zero attached hydrogens (tertiary/aromatic N) is 1. The summed E-state index contributed by atoms with van der Waals surface area (Å²) in [5, 5.41) is 0. The van der Waals surface area contributed by atoms with Crippen LogP contribution in [0.15, 0.2) is 79.1 Å². The van der Waals surface area contributed by atoms with Crippen molar-refractivity contribution in [1.29, 1.82) is 0 Å². The Morgan fingerprint density at radius 1 is 0.840 bits per heavy atom. The van der Waals surface area contributed by atoms with Crippen LogP contribution in [0.25, 0.3) is 0 Å². The van der Waals surface area contributed by atoms with Gasteiger partial charge in [0.05, 0.1) is 5.75 Å². The Hall–Kier alpha value is -2.37. The summed E-state index contributed by atoms with van der Waals surface area (Å²) in [5.41, 5.74) is 3.58. The van der Waals surface area contributed by atoms with E-state index in [-0.39, 0.29) is 11.7 Å². The zero-order valence-corrected chi connectivity index (χ0v) is 14.6. The highest BCUT2D eigenvalue weighted by Crippen LogP contribution is 2.31. The van der Waals surface area contributed by atoms with E-state index in [2.05, 4.69) is 36.5 Å². The van der Waals surface area contributed by atoms with Crippen molar-refractivity contribution in [3.05, 3.63) is 95.8 Å². The molecule has 1 N–H and O–H groups in total. The zero-order chi connectivity index (χ0) is 17.7. The van der Waals surface area contributed by atoms with Crippen LogP contribution in [0.5, 0.6) is 0 Å². The van der Waals surface area contributed by atoms with Crippen LogP contribution in [0.4, 0.5) is 0 Å². The molecule has 0 aliphatic heterocycles. The largest absolute Gasteiger partial charge is 0.354 e. The Labute approximate surface area is 148 Å². The van der Waals surface area contributed by atoms with Gasteiger partial charge in [-0.25, -0.2) is 0 Å². The van der Waals surface area contributed by atoms with E-state index in [9.17, 15) is 8.42 Å². The highest BCUT2D eigenvalue weighted by molar-refractivity contribution is 7.85. The average Bonchev–Trinajstić information content (AvgIpc) is 3.04. The summed E-state index contributed by atoms with van der Waals surface area (Å²) in [6.07, 6.45) is 4.39. The van der Waals surface area contributed by atoms with Gasteiger partial charge in [0.2, 0.25) is 0 Å². The molecule has 2 aromatic carbocycles. The van der Waals surface area contributed by atoms with Crippen molar-refractivity contribution in [2.75, 3.05) is 5.75 Å². The SMILES string of the molecule is O=S(=O)(O)CCCn1ccc(C(c2ccccc2)c2ccccc2)c1. The van der Waals surface area contributed by atoms with Gasteiger partial charge in [-0.05, 0) is 29.2 Å². The highest BCUT2D eigenvalue weighted by Gasteiger charge is 2.17. The quantitative estimate of drug-likeness (QED) is 0.653. The van der Waals surface area contributed by atoms with E-state index in [1.54, 1.807) is 0 Å². The van der Waals surface area contributed by atoms with E-state index >= 15 is 0 Å². The van der Waals surface area contributed by atoms with E-state index in [1.165, 1.54) is 11.1 Å². The second-order valence-electron chi connectivity index (χ2n) is 6.08. The lowest BCUT2D eigenvalue weighted by Gasteiger charge is -2.17. The van der Waals surface area contributed by atoms with Crippen LogP contribution in [-0.4, -0.2) is 23.3 Å². The predicted octanol–water partition coefficient (Wildman–Crippen LogP) is 3.95. The van der Waals surface area contributed by atoms with Crippen LogP contribution >= 0.6 is 0 Å². The lowest BCUT2D eigenvalue weighted by atomic mass is 9.87. The first kappa shape index (κ1) is 17.5. The van der Waals surface area contributed by atoms with Crippen molar-refractivity contribution in [2.24, 2.45) is 0 Å². The Morgan fingerprint density at radius 2 is 1.40 bits per heavy atom. The summed E-state index contributed by atoms with van der Waals surface area (Å²) >= 11 is 0. The molecule has 130 valence electrons.